The van der Waals surface area contributed by atoms with E-state index in [1.165, 1.54) is 7.11 Å². The lowest BCUT2D eigenvalue weighted by atomic mass is 10.1. The summed E-state index contributed by atoms with van der Waals surface area (Å²) in [4.78, 5) is 16.5. The second kappa shape index (κ2) is 6.57. The summed E-state index contributed by atoms with van der Waals surface area (Å²) >= 11 is 3.52. The number of aryl methyl sites for hydroxylation is 1. The molecule has 2 heterocycles. The van der Waals surface area contributed by atoms with E-state index in [9.17, 15) is 4.79 Å². The quantitative estimate of drug-likeness (QED) is 0.607. The zero-order chi connectivity index (χ0) is 18.3. The SMILES string of the molecule is COC(=O)c1nn(C2C=C(Br)C=CC2)c2ccc(-n3cnc(C)c3)cc12. The van der Waals surface area contributed by atoms with Gasteiger partial charge < -0.3 is 9.30 Å². The van der Waals surface area contributed by atoms with E-state index in [0.29, 0.717) is 5.69 Å². The highest BCUT2D eigenvalue weighted by molar-refractivity contribution is 9.11. The molecule has 0 amide bonds. The normalized spacial score (nSPS) is 16.7. The molecule has 1 atom stereocenters. The average Bonchev–Trinajstić information content (AvgIpc) is 3.24. The molecule has 4 rings (SSSR count). The van der Waals surface area contributed by atoms with Crippen molar-refractivity contribution in [1.29, 1.82) is 0 Å². The molecule has 0 spiro atoms. The fourth-order valence-corrected chi connectivity index (χ4v) is 3.64. The van der Waals surface area contributed by atoms with E-state index in [1.807, 2.05) is 46.6 Å². The first kappa shape index (κ1) is 16.8. The fraction of sp³-hybridized carbons (Fsp3) is 0.211. The molecule has 1 aromatic carbocycles. The van der Waals surface area contributed by atoms with Crippen molar-refractivity contribution in [2.45, 2.75) is 19.4 Å². The van der Waals surface area contributed by atoms with Gasteiger partial charge in [0.2, 0.25) is 0 Å². The van der Waals surface area contributed by atoms with Gasteiger partial charge in [0.25, 0.3) is 0 Å². The van der Waals surface area contributed by atoms with Gasteiger partial charge in [-0.05, 0) is 37.6 Å². The lowest BCUT2D eigenvalue weighted by Gasteiger charge is -2.16. The number of hydrogen-bond acceptors (Lipinski definition) is 4. The van der Waals surface area contributed by atoms with Crippen LogP contribution in [0.3, 0.4) is 0 Å². The number of esters is 1. The molecule has 132 valence electrons. The number of allylic oxidation sites excluding steroid dienone is 4. The van der Waals surface area contributed by atoms with Crippen LogP contribution in [0.2, 0.25) is 0 Å². The van der Waals surface area contributed by atoms with E-state index in [2.05, 4.69) is 38.2 Å². The molecule has 6 nitrogen and oxygen atoms in total. The number of aromatic nitrogens is 4. The van der Waals surface area contributed by atoms with Crippen LogP contribution in [0.15, 0.2) is 53.4 Å². The van der Waals surface area contributed by atoms with Gasteiger partial charge in [-0.25, -0.2) is 9.78 Å². The minimum Gasteiger partial charge on any atom is -0.464 e. The number of rotatable bonds is 3. The van der Waals surface area contributed by atoms with Crippen LogP contribution >= 0.6 is 15.9 Å². The number of benzene rings is 1. The summed E-state index contributed by atoms with van der Waals surface area (Å²) in [6, 6.07) is 5.97. The summed E-state index contributed by atoms with van der Waals surface area (Å²) < 4.78 is 9.75. The van der Waals surface area contributed by atoms with E-state index in [4.69, 9.17) is 4.74 Å². The number of ether oxygens (including phenoxy) is 1. The molecular formula is C19H17BrN4O2. The zero-order valence-corrected chi connectivity index (χ0v) is 16.0. The maximum Gasteiger partial charge on any atom is 0.359 e. The summed E-state index contributed by atoms with van der Waals surface area (Å²) in [7, 11) is 1.37. The molecule has 1 unspecified atom stereocenters. The molecule has 0 saturated heterocycles. The average molecular weight is 413 g/mol. The first-order valence-corrected chi connectivity index (χ1v) is 9.01. The third kappa shape index (κ3) is 2.88. The molecule has 0 aliphatic heterocycles. The van der Waals surface area contributed by atoms with Crippen molar-refractivity contribution in [3.63, 3.8) is 0 Å². The summed E-state index contributed by atoms with van der Waals surface area (Å²) in [5.41, 5.74) is 3.06. The molecule has 0 N–H and O–H groups in total. The van der Waals surface area contributed by atoms with Gasteiger partial charge in [-0.2, -0.15) is 5.10 Å². The minimum atomic E-state index is -0.442. The van der Waals surface area contributed by atoms with Crippen molar-refractivity contribution in [1.82, 2.24) is 19.3 Å². The summed E-state index contributed by atoms with van der Waals surface area (Å²) in [5, 5.41) is 5.34. The van der Waals surface area contributed by atoms with Gasteiger partial charge >= 0.3 is 5.97 Å². The Morgan fingerprint density at radius 3 is 2.92 bits per heavy atom. The van der Waals surface area contributed by atoms with E-state index in [0.717, 1.165) is 33.2 Å². The number of carbonyl (C=O) groups excluding carboxylic acids is 1. The topological polar surface area (TPSA) is 61.9 Å². The maximum absolute atomic E-state index is 12.3. The van der Waals surface area contributed by atoms with Gasteiger partial charge in [0, 0.05) is 21.8 Å². The lowest BCUT2D eigenvalue weighted by Crippen LogP contribution is -2.11. The molecule has 7 heteroatoms. The number of imidazole rings is 1. The van der Waals surface area contributed by atoms with Crippen LogP contribution in [0.4, 0.5) is 0 Å². The van der Waals surface area contributed by atoms with Crippen LogP contribution in [-0.2, 0) is 4.74 Å². The van der Waals surface area contributed by atoms with Gasteiger partial charge in [-0.1, -0.05) is 28.1 Å². The summed E-state index contributed by atoms with van der Waals surface area (Å²) in [5.74, 6) is -0.442. The van der Waals surface area contributed by atoms with Crippen LogP contribution in [0.25, 0.3) is 16.6 Å². The zero-order valence-electron chi connectivity index (χ0n) is 14.4. The maximum atomic E-state index is 12.3. The Bertz CT molecular complexity index is 1060. The van der Waals surface area contributed by atoms with Crippen molar-refractivity contribution in [2.75, 3.05) is 7.11 Å². The predicted molar refractivity (Wildman–Crippen MR) is 103 cm³/mol. The highest BCUT2D eigenvalue weighted by atomic mass is 79.9. The Morgan fingerprint density at radius 1 is 1.38 bits per heavy atom. The van der Waals surface area contributed by atoms with E-state index in [-0.39, 0.29) is 6.04 Å². The van der Waals surface area contributed by atoms with Crippen molar-refractivity contribution in [2.24, 2.45) is 0 Å². The molecule has 3 aromatic rings. The van der Waals surface area contributed by atoms with Crippen LogP contribution in [0.5, 0.6) is 0 Å². The second-order valence-electron chi connectivity index (χ2n) is 6.17. The number of fused-ring (bicyclic) bond motifs is 1. The van der Waals surface area contributed by atoms with Crippen molar-refractivity contribution >= 4 is 32.8 Å². The Labute approximate surface area is 158 Å². The van der Waals surface area contributed by atoms with Gasteiger partial charge in [0.1, 0.15) is 0 Å². The van der Waals surface area contributed by atoms with E-state index >= 15 is 0 Å². The molecule has 0 radical (unpaired) electrons. The predicted octanol–water partition coefficient (Wildman–Crippen LogP) is 4.10. The van der Waals surface area contributed by atoms with Crippen LogP contribution < -0.4 is 0 Å². The number of hydrogen-bond donors (Lipinski definition) is 0. The molecular weight excluding hydrogens is 396 g/mol. The van der Waals surface area contributed by atoms with Crippen LogP contribution in [-0.4, -0.2) is 32.4 Å². The van der Waals surface area contributed by atoms with E-state index < -0.39 is 5.97 Å². The molecule has 0 bridgehead atoms. The number of halogens is 1. The third-order valence-corrected chi connectivity index (χ3v) is 4.93. The molecule has 0 fully saturated rings. The Morgan fingerprint density at radius 2 is 2.23 bits per heavy atom. The number of methoxy groups -OCH3 is 1. The Kier molecular flexibility index (Phi) is 4.24. The largest absolute Gasteiger partial charge is 0.464 e. The highest BCUT2D eigenvalue weighted by Crippen LogP contribution is 2.30. The van der Waals surface area contributed by atoms with Gasteiger partial charge in [0.15, 0.2) is 5.69 Å². The van der Waals surface area contributed by atoms with Gasteiger partial charge in [0.05, 0.1) is 30.7 Å². The van der Waals surface area contributed by atoms with Gasteiger partial charge in [-0.3, -0.25) is 4.68 Å². The van der Waals surface area contributed by atoms with Crippen molar-refractivity contribution in [3.05, 3.63) is 64.8 Å². The van der Waals surface area contributed by atoms with E-state index in [1.54, 1.807) is 6.33 Å². The number of carbonyl (C=O) groups is 1. The first-order chi connectivity index (χ1) is 12.6. The standard InChI is InChI=1S/C19H17BrN4O2/c1-12-10-23(11-21-12)14-6-7-17-16(9-14)18(19(25)26-2)22-24(17)15-5-3-4-13(20)8-15/h3-4,6-11,15H,5H2,1-2H3. The third-order valence-electron chi connectivity index (χ3n) is 4.40. The Balaban J connectivity index is 1.89. The van der Waals surface area contributed by atoms with Crippen molar-refractivity contribution in [3.8, 4) is 5.69 Å². The second-order valence-corrected chi connectivity index (χ2v) is 7.08. The highest BCUT2D eigenvalue weighted by Gasteiger charge is 2.22. The monoisotopic (exact) mass is 412 g/mol. The van der Waals surface area contributed by atoms with Crippen molar-refractivity contribution < 1.29 is 9.53 Å². The first-order valence-electron chi connectivity index (χ1n) is 8.22. The van der Waals surface area contributed by atoms with Gasteiger partial charge in [-0.15, -0.1) is 0 Å². The minimum absolute atomic E-state index is 0.0385. The summed E-state index contributed by atoms with van der Waals surface area (Å²) in [6.07, 6.45) is 10.7. The molecule has 2 aromatic heterocycles. The lowest BCUT2D eigenvalue weighted by molar-refractivity contribution is 0.0595. The van der Waals surface area contributed by atoms with Crippen LogP contribution in [0.1, 0.15) is 28.6 Å². The molecule has 1 aliphatic carbocycles. The Hall–Kier alpha value is -2.67. The smallest absolute Gasteiger partial charge is 0.359 e. The van der Waals surface area contributed by atoms with Crippen LogP contribution in [0, 0.1) is 6.92 Å². The fourth-order valence-electron chi connectivity index (χ4n) is 3.15. The molecule has 1 aliphatic rings. The number of nitrogens with zero attached hydrogens (tertiary/aromatic N) is 4. The summed E-state index contributed by atoms with van der Waals surface area (Å²) in [6.45, 7) is 1.94. The molecule has 0 saturated carbocycles. The molecule has 26 heavy (non-hydrogen) atoms.